The lowest BCUT2D eigenvalue weighted by Gasteiger charge is -1.96. The molecule has 0 spiro atoms. The van der Waals surface area contributed by atoms with E-state index in [4.69, 9.17) is 4.74 Å². The number of fused-ring (bicyclic) bond motifs is 1. The number of carbonyl (C=O) groups excluding carboxylic acids is 1. The number of nitrogens with zero attached hydrogens (tertiary/aromatic N) is 3. The van der Waals surface area contributed by atoms with Crippen molar-refractivity contribution >= 4 is 22.6 Å². The van der Waals surface area contributed by atoms with E-state index < -0.39 is 5.97 Å². The van der Waals surface area contributed by atoms with Crippen LogP contribution in [0.1, 0.15) is 6.92 Å². The summed E-state index contributed by atoms with van der Waals surface area (Å²) in [5.41, 5.74) is 1.22. The molecule has 2 rings (SSSR count). The van der Waals surface area contributed by atoms with Gasteiger partial charge in [0.15, 0.2) is 12.2 Å². The largest absolute Gasteiger partial charge is 0.493 e. The van der Waals surface area contributed by atoms with Crippen LogP contribution in [-0.2, 0) is 16.6 Å². The van der Waals surface area contributed by atoms with Crippen LogP contribution in [0.2, 0.25) is 0 Å². The Morgan fingerprint density at radius 2 is 2.16 bits per heavy atom. The first kappa shape index (κ1) is 13.1. The first-order valence-electron chi connectivity index (χ1n) is 5.94. The molecule has 1 heterocycles. The summed E-state index contributed by atoms with van der Waals surface area (Å²) in [6, 6.07) is 7.45. The molecule has 19 heavy (non-hydrogen) atoms. The lowest BCUT2D eigenvalue weighted by atomic mass is 10.2. The number of hydrogen-bond donors (Lipinski definition) is 1. The first-order valence-corrected chi connectivity index (χ1v) is 5.94. The molecule has 0 amide bonds. The third kappa shape index (κ3) is 2.57. The Morgan fingerprint density at radius 1 is 1.42 bits per heavy atom. The molecule has 0 fully saturated rings. The van der Waals surface area contributed by atoms with Crippen LogP contribution >= 0.6 is 0 Å². The molecule has 1 N–H and O–H groups in total. The summed E-state index contributed by atoms with van der Waals surface area (Å²) in [6.07, 6.45) is 0. The number of benzene rings is 1. The number of azo groups is 1. The fourth-order valence-corrected chi connectivity index (χ4v) is 1.83. The predicted molar refractivity (Wildman–Crippen MR) is 70.6 cm³/mol. The molecule has 0 atom stereocenters. The molecule has 6 nitrogen and oxygen atoms in total. The highest BCUT2D eigenvalue weighted by Gasteiger charge is 2.13. The van der Waals surface area contributed by atoms with Gasteiger partial charge in [0.1, 0.15) is 0 Å². The van der Waals surface area contributed by atoms with Crippen molar-refractivity contribution < 1.29 is 14.6 Å². The first-order chi connectivity index (χ1) is 9.15. The molecular weight excluding hydrogens is 246 g/mol. The molecular formula is C13H15N3O3. The minimum Gasteiger partial charge on any atom is -0.493 e. The molecule has 6 heteroatoms. The van der Waals surface area contributed by atoms with E-state index in [1.54, 1.807) is 18.5 Å². The molecule has 0 saturated heterocycles. The number of para-hydroxylation sites is 1. The number of carbonyl (C=O) groups is 1. The van der Waals surface area contributed by atoms with Crippen molar-refractivity contribution in [1.82, 2.24) is 4.57 Å². The second-order valence-electron chi connectivity index (χ2n) is 3.95. The summed E-state index contributed by atoms with van der Waals surface area (Å²) >= 11 is 0. The van der Waals surface area contributed by atoms with Crippen LogP contribution in [-0.4, -0.2) is 28.8 Å². The zero-order chi connectivity index (χ0) is 13.8. The molecule has 1 aromatic heterocycles. The Balaban J connectivity index is 2.28. The van der Waals surface area contributed by atoms with Crippen molar-refractivity contribution in [3.05, 3.63) is 24.3 Å². The summed E-state index contributed by atoms with van der Waals surface area (Å²) in [5, 5.41) is 18.5. The summed E-state index contributed by atoms with van der Waals surface area (Å²) in [4.78, 5) is 11.1. The van der Waals surface area contributed by atoms with Crippen molar-refractivity contribution in [1.29, 1.82) is 0 Å². The average molecular weight is 261 g/mol. The minimum absolute atomic E-state index is 0.0220. The number of aromatic hydroxyl groups is 1. The zero-order valence-corrected chi connectivity index (χ0v) is 10.8. The van der Waals surface area contributed by atoms with Crippen LogP contribution in [0.5, 0.6) is 5.88 Å². The maximum absolute atomic E-state index is 11.1. The van der Waals surface area contributed by atoms with E-state index >= 15 is 0 Å². The quantitative estimate of drug-likeness (QED) is 0.678. The van der Waals surface area contributed by atoms with Crippen LogP contribution < -0.4 is 0 Å². The SMILES string of the molecule is CCOC(=O)CN=Nc1c(O)n(C)c2ccccc12. The molecule has 0 aliphatic carbocycles. The number of hydrogen-bond acceptors (Lipinski definition) is 5. The molecule has 0 unspecified atom stereocenters. The van der Waals surface area contributed by atoms with Gasteiger partial charge in [-0.1, -0.05) is 18.2 Å². The van der Waals surface area contributed by atoms with Gasteiger partial charge in [-0.2, -0.15) is 5.11 Å². The van der Waals surface area contributed by atoms with Gasteiger partial charge in [-0.05, 0) is 13.0 Å². The van der Waals surface area contributed by atoms with Crippen molar-refractivity contribution in [2.75, 3.05) is 13.2 Å². The number of esters is 1. The fourth-order valence-electron chi connectivity index (χ4n) is 1.83. The van der Waals surface area contributed by atoms with Gasteiger partial charge >= 0.3 is 5.97 Å². The topological polar surface area (TPSA) is 76.2 Å². The second kappa shape index (κ2) is 5.51. The van der Waals surface area contributed by atoms with Gasteiger partial charge in [0.05, 0.1) is 12.1 Å². The lowest BCUT2D eigenvalue weighted by molar-refractivity contribution is -0.141. The maximum Gasteiger partial charge on any atom is 0.329 e. The number of aromatic nitrogens is 1. The normalized spacial score (nSPS) is 11.3. The Hall–Kier alpha value is -2.37. The summed E-state index contributed by atoms with van der Waals surface area (Å²) < 4.78 is 6.36. The molecule has 0 saturated carbocycles. The monoisotopic (exact) mass is 261 g/mol. The zero-order valence-electron chi connectivity index (χ0n) is 10.8. The third-order valence-corrected chi connectivity index (χ3v) is 2.73. The predicted octanol–water partition coefficient (Wildman–Crippen LogP) is 2.53. The van der Waals surface area contributed by atoms with Gasteiger partial charge in [0.2, 0.25) is 5.88 Å². The average Bonchev–Trinajstić information content (AvgIpc) is 2.65. The van der Waals surface area contributed by atoms with E-state index in [-0.39, 0.29) is 12.4 Å². The Labute approximate surface area is 110 Å². The minimum atomic E-state index is -0.439. The van der Waals surface area contributed by atoms with Gasteiger partial charge in [-0.25, -0.2) is 4.79 Å². The lowest BCUT2D eigenvalue weighted by Crippen LogP contribution is -2.06. The third-order valence-electron chi connectivity index (χ3n) is 2.73. The van der Waals surface area contributed by atoms with Crippen LogP contribution in [0, 0.1) is 0 Å². The number of aryl methyl sites for hydroxylation is 1. The van der Waals surface area contributed by atoms with Gasteiger partial charge in [0, 0.05) is 12.4 Å². The van der Waals surface area contributed by atoms with Crippen molar-refractivity contribution in [2.45, 2.75) is 6.92 Å². The van der Waals surface area contributed by atoms with Gasteiger partial charge in [0.25, 0.3) is 0 Å². The number of ether oxygens (including phenoxy) is 1. The van der Waals surface area contributed by atoms with E-state index in [1.807, 2.05) is 24.3 Å². The van der Waals surface area contributed by atoms with Crippen molar-refractivity contribution in [3.8, 4) is 5.88 Å². The second-order valence-corrected chi connectivity index (χ2v) is 3.95. The molecule has 0 radical (unpaired) electrons. The van der Waals surface area contributed by atoms with E-state index in [1.165, 1.54) is 0 Å². The maximum atomic E-state index is 11.1. The van der Waals surface area contributed by atoms with Crippen LogP contribution in [0.3, 0.4) is 0 Å². The standard InChI is InChI=1S/C13H15N3O3/c1-3-19-11(17)8-14-15-12-9-6-4-5-7-10(9)16(2)13(12)18/h4-7,18H,3,8H2,1-2H3. The molecule has 1 aromatic carbocycles. The molecule has 0 aliphatic heterocycles. The van der Waals surface area contributed by atoms with Gasteiger partial charge in [-0.3, -0.25) is 0 Å². The van der Waals surface area contributed by atoms with Crippen molar-refractivity contribution in [2.24, 2.45) is 17.3 Å². The smallest absolute Gasteiger partial charge is 0.329 e. The highest BCUT2D eigenvalue weighted by atomic mass is 16.5. The van der Waals surface area contributed by atoms with Crippen molar-refractivity contribution in [3.63, 3.8) is 0 Å². The molecule has 2 aromatic rings. The van der Waals surface area contributed by atoms with Crippen LogP contribution in [0.15, 0.2) is 34.5 Å². The van der Waals surface area contributed by atoms with E-state index in [9.17, 15) is 9.90 Å². The summed E-state index contributed by atoms with van der Waals surface area (Å²) in [6.45, 7) is 1.88. The van der Waals surface area contributed by atoms with E-state index in [2.05, 4.69) is 10.2 Å². The van der Waals surface area contributed by atoms with Crippen LogP contribution in [0.4, 0.5) is 5.69 Å². The van der Waals surface area contributed by atoms with Gasteiger partial charge in [-0.15, -0.1) is 5.11 Å². The summed E-state index contributed by atoms with van der Waals surface area (Å²) in [7, 11) is 1.74. The molecule has 100 valence electrons. The van der Waals surface area contributed by atoms with E-state index in [0.717, 1.165) is 10.9 Å². The Bertz CT molecular complexity index is 631. The summed E-state index contributed by atoms with van der Waals surface area (Å²) in [5.74, 6) is -0.417. The molecule has 0 aliphatic rings. The highest BCUT2D eigenvalue weighted by Crippen LogP contribution is 2.37. The fraction of sp³-hybridized carbons (Fsp3) is 0.308. The van der Waals surface area contributed by atoms with Crippen LogP contribution in [0.25, 0.3) is 10.9 Å². The van der Waals surface area contributed by atoms with E-state index in [0.29, 0.717) is 12.3 Å². The molecule has 0 bridgehead atoms. The van der Waals surface area contributed by atoms with Gasteiger partial charge < -0.3 is 14.4 Å². The highest BCUT2D eigenvalue weighted by molar-refractivity contribution is 5.94. The Morgan fingerprint density at radius 3 is 2.89 bits per heavy atom. The number of rotatable bonds is 4. The Kier molecular flexibility index (Phi) is 3.79.